The van der Waals surface area contributed by atoms with Gasteiger partial charge in [-0.2, -0.15) is 0 Å². The zero-order valence-corrected chi connectivity index (χ0v) is 19.9. The molecule has 3 aromatic carbocycles. The first-order valence-electron chi connectivity index (χ1n) is 10.9. The van der Waals surface area contributed by atoms with Crippen LogP contribution in [0.2, 0.25) is 0 Å². The number of hydrogen-bond acceptors (Lipinski definition) is 6. The van der Waals surface area contributed by atoms with Crippen molar-refractivity contribution in [1.82, 2.24) is 4.90 Å². The van der Waals surface area contributed by atoms with Gasteiger partial charge >= 0.3 is 0 Å². The van der Waals surface area contributed by atoms with Crippen LogP contribution in [-0.2, 0) is 13.1 Å². The van der Waals surface area contributed by atoms with Gasteiger partial charge in [0.25, 0.3) is 0 Å². The quantitative estimate of drug-likeness (QED) is 0.353. The molecule has 0 amide bonds. The van der Waals surface area contributed by atoms with E-state index in [0.29, 0.717) is 18.1 Å². The molecule has 0 bridgehead atoms. The summed E-state index contributed by atoms with van der Waals surface area (Å²) in [4.78, 5) is 3.79. The van der Waals surface area contributed by atoms with E-state index < -0.39 is 0 Å². The first kappa shape index (κ1) is 21.6. The first-order chi connectivity index (χ1) is 16.2. The van der Waals surface area contributed by atoms with Crippen LogP contribution in [0.4, 0.5) is 0 Å². The lowest BCUT2D eigenvalue weighted by Gasteiger charge is -2.19. The molecule has 5 nitrogen and oxygen atoms in total. The highest BCUT2D eigenvalue weighted by Crippen LogP contribution is 2.43. The van der Waals surface area contributed by atoms with Crippen LogP contribution < -0.4 is 18.9 Å². The number of fused-ring (bicyclic) bond motifs is 2. The second-order valence-corrected chi connectivity index (χ2v) is 9.19. The van der Waals surface area contributed by atoms with Crippen LogP contribution in [-0.4, -0.2) is 39.4 Å². The minimum Gasteiger partial charge on any atom is -0.493 e. The molecule has 6 heteroatoms. The molecule has 0 radical (unpaired) electrons. The predicted molar refractivity (Wildman–Crippen MR) is 133 cm³/mol. The van der Waals surface area contributed by atoms with E-state index in [1.807, 2.05) is 35.6 Å². The van der Waals surface area contributed by atoms with Crippen LogP contribution in [0.25, 0.3) is 21.2 Å². The molecule has 1 aromatic heterocycles. The van der Waals surface area contributed by atoms with E-state index in [0.717, 1.165) is 47.8 Å². The molecule has 0 spiro atoms. The number of para-hydroxylation sites is 1. The van der Waals surface area contributed by atoms with Crippen molar-refractivity contribution >= 4 is 21.4 Å². The van der Waals surface area contributed by atoms with E-state index in [1.54, 1.807) is 21.3 Å². The SMILES string of the molecule is COc1cc(-c2cccc(OC)c2OC)cc2c1OCCN(Cc1cc3ccccc3s1)C2. The third-order valence-electron chi connectivity index (χ3n) is 5.97. The van der Waals surface area contributed by atoms with Gasteiger partial charge in [0, 0.05) is 40.3 Å². The Hall–Kier alpha value is -3.22. The van der Waals surface area contributed by atoms with Gasteiger partial charge in [0.1, 0.15) is 6.61 Å². The van der Waals surface area contributed by atoms with Gasteiger partial charge in [-0.25, -0.2) is 0 Å². The van der Waals surface area contributed by atoms with E-state index in [9.17, 15) is 0 Å². The van der Waals surface area contributed by atoms with Gasteiger partial charge in [0.05, 0.1) is 21.3 Å². The molecular weight excluding hydrogens is 434 g/mol. The summed E-state index contributed by atoms with van der Waals surface area (Å²) < 4.78 is 24.4. The lowest BCUT2D eigenvalue weighted by molar-refractivity contribution is 0.218. The maximum atomic E-state index is 6.17. The lowest BCUT2D eigenvalue weighted by atomic mass is 10.00. The van der Waals surface area contributed by atoms with E-state index >= 15 is 0 Å². The maximum Gasteiger partial charge on any atom is 0.168 e. The Balaban J connectivity index is 1.50. The number of nitrogens with zero attached hydrogens (tertiary/aromatic N) is 1. The molecular formula is C27H27NO4S. The minimum absolute atomic E-state index is 0.621. The summed E-state index contributed by atoms with van der Waals surface area (Å²) >= 11 is 1.86. The van der Waals surface area contributed by atoms with Gasteiger partial charge in [-0.3, -0.25) is 4.90 Å². The second kappa shape index (κ2) is 9.33. The van der Waals surface area contributed by atoms with Gasteiger partial charge in [0.15, 0.2) is 23.0 Å². The molecule has 0 aliphatic carbocycles. The number of benzene rings is 3. The molecule has 1 aliphatic rings. The highest BCUT2D eigenvalue weighted by molar-refractivity contribution is 7.19. The van der Waals surface area contributed by atoms with Gasteiger partial charge in [0.2, 0.25) is 0 Å². The summed E-state index contributed by atoms with van der Waals surface area (Å²) in [6.07, 6.45) is 0. The standard InChI is InChI=1S/C27H27NO4S/c1-29-23-9-6-8-22(27(23)31-3)19-13-20-16-28(11-12-32-26(20)24(15-19)30-2)17-21-14-18-7-4-5-10-25(18)33-21/h4-10,13-15H,11-12,16-17H2,1-3H3. The van der Waals surface area contributed by atoms with E-state index in [4.69, 9.17) is 18.9 Å². The van der Waals surface area contributed by atoms with Gasteiger partial charge in [-0.1, -0.05) is 30.3 Å². The van der Waals surface area contributed by atoms with Crippen LogP contribution in [0.5, 0.6) is 23.0 Å². The Morgan fingerprint density at radius 1 is 0.909 bits per heavy atom. The first-order valence-corrected chi connectivity index (χ1v) is 11.8. The van der Waals surface area contributed by atoms with Crippen LogP contribution in [0.3, 0.4) is 0 Å². The molecule has 5 rings (SSSR count). The third kappa shape index (κ3) is 4.24. The highest BCUT2D eigenvalue weighted by Gasteiger charge is 2.22. The van der Waals surface area contributed by atoms with E-state index in [1.165, 1.54) is 15.0 Å². The number of hydrogen-bond donors (Lipinski definition) is 0. The summed E-state index contributed by atoms with van der Waals surface area (Å²) in [5.41, 5.74) is 3.07. The number of thiophene rings is 1. The topological polar surface area (TPSA) is 40.2 Å². The van der Waals surface area contributed by atoms with Crippen molar-refractivity contribution in [2.24, 2.45) is 0 Å². The number of ether oxygens (including phenoxy) is 4. The van der Waals surface area contributed by atoms with Crippen molar-refractivity contribution in [3.8, 4) is 34.1 Å². The van der Waals surface area contributed by atoms with Gasteiger partial charge in [-0.05, 0) is 41.3 Å². The number of rotatable bonds is 6. The predicted octanol–water partition coefficient (Wildman–Crippen LogP) is 5.99. The normalized spacial score (nSPS) is 13.8. The fraction of sp³-hybridized carbons (Fsp3) is 0.259. The zero-order valence-electron chi connectivity index (χ0n) is 19.1. The fourth-order valence-corrected chi connectivity index (χ4v) is 5.54. The van der Waals surface area contributed by atoms with Gasteiger partial charge < -0.3 is 18.9 Å². The van der Waals surface area contributed by atoms with Crippen molar-refractivity contribution in [3.05, 3.63) is 71.1 Å². The molecule has 2 heterocycles. The summed E-state index contributed by atoms with van der Waals surface area (Å²) in [7, 11) is 5.00. The molecule has 170 valence electrons. The molecule has 0 saturated carbocycles. The van der Waals surface area contributed by atoms with Crippen LogP contribution in [0.1, 0.15) is 10.4 Å². The summed E-state index contributed by atoms with van der Waals surface area (Å²) in [6, 6.07) is 20.9. The Morgan fingerprint density at radius 2 is 1.76 bits per heavy atom. The van der Waals surface area contributed by atoms with E-state index in [2.05, 4.69) is 41.3 Å². The number of methoxy groups -OCH3 is 3. The molecule has 0 N–H and O–H groups in total. The molecule has 0 atom stereocenters. The molecule has 33 heavy (non-hydrogen) atoms. The van der Waals surface area contributed by atoms with Crippen LogP contribution in [0.15, 0.2) is 60.7 Å². The Labute approximate surface area is 198 Å². The molecule has 4 aromatic rings. The Bertz CT molecular complexity index is 1250. The average molecular weight is 462 g/mol. The minimum atomic E-state index is 0.621. The van der Waals surface area contributed by atoms with E-state index in [-0.39, 0.29) is 0 Å². The smallest absolute Gasteiger partial charge is 0.168 e. The second-order valence-electron chi connectivity index (χ2n) is 8.02. The third-order valence-corrected chi connectivity index (χ3v) is 7.07. The van der Waals surface area contributed by atoms with Crippen molar-refractivity contribution in [2.45, 2.75) is 13.1 Å². The molecule has 0 fully saturated rings. The summed E-state index contributed by atoms with van der Waals surface area (Å²) in [6.45, 7) is 3.14. The Kier molecular flexibility index (Phi) is 6.11. The van der Waals surface area contributed by atoms with Crippen molar-refractivity contribution in [3.63, 3.8) is 0 Å². The molecule has 0 saturated heterocycles. The summed E-state index contributed by atoms with van der Waals surface area (Å²) in [5.74, 6) is 2.96. The average Bonchev–Trinajstić information content (AvgIpc) is 3.14. The zero-order chi connectivity index (χ0) is 22.8. The molecule has 1 aliphatic heterocycles. The summed E-state index contributed by atoms with van der Waals surface area (Å²) in [5, 5.41) is 1.30. The monoisotopic (exact) mass is 461 g/mol. The maximum absolute atomic E-state index is 6.17. The van der Waals surface area contributed by atoms with Crippen LogP contribution in [0, 0.1) is 0 Å². The lowest BCUT2D eigenvalue weighted by Crippen LogP contribution is -2.24. The Morgan fingerprint density at radius 3 is 2.55 bits per heavy atom. The highest BCUT2D eigenvalue weighted by atomic mass is 32.1. The largest absolute Gasteiger partial charge is 0.493 e. The van der Waals surface area contributed by atoms with Crippen molar-refractivity contribution in [2.75, 3.05) is 34.5 Å². The van der Waals surface area contributed by atoms with Crippen molar-refractivity contribution < 1.29 is 18.9 Å². The van der Waals surface area contributed by atoms with Crippen molar-refractivity contribution in [1.29, 1.82) is 0 Å². The van der Waals surface area contributed by atoms with Crippen LogP contribution >= 0.6 is 11.3 Å². The fourth-order valence-electron chi connectivity index (χ4n) is 4.43. The van der Waals surface area contributed by atoms with Gasteiger partial charge in [-0.15, -0.1) is 11.3 Å². The molecule has 0 unspecified atom stereocenters.